The molecule has 1 aromatic rings. The molecule has 1 aromatic carbocycles. The summed E-state index contributed by atoms with van der Waals surface area (Å²) < 4.78 is 5.00. The summed E-state index contributed by atoms with van der Waals surface area (Å²) in [5.74, 6) is 0.302. The lowest BCUT2D eigenvalue weighted by molar-refractivity contribution is -0.121. The number of rotatable bonds is 4. The van der Waals surface area contributed by atoms with Gasteiger partial charge in [-0.25, -0.2) is 4.79 Å². The monoisotopic (exact) mass is 453 g/mol. The molecule has 2 heterocycles. The molecule has 0 radical (unpaired) electrons. The van der Waals surface area contributed by atoms with Crippen molar-refractivity contribution in [2.45, 2.75) is 50.2 Å². The van der Waals surface area contributed by atoms with Crippen LogP contribution in [0.25, 0.3) is 0 Å². The van der Waals surface area contributed by atoms with E-state index in [2.05, 4.69) is 10.2 Å². The highest BCUT2D eigenvalue weighted by Gasteiger charge is 2.45. The Morgan fingerprint density at radius 1 is 1.13 bits per heavy atom. The van der Waals surface area contributed by atoms with E-state index in [9.17, 15) is 9.59 Å². The number of carbonyl (C=O) groups excluding carboxylic acids is 2. The van der Waals surface area contributed by atoms with Crippen molar-refractivity contribution in [3.63, 3.8) is 0 Å². The first-order chi connectivity index (χ1) is 14.5. The molecule has 1 N–H and O–H groups in total. The molecule has 8 heteroatoms. The first-order valence-electron chi connectivity index (χ1n) is 10.8. The molecular formula is C22H29Cl2N3O3. The van der Waals surface area contributed by atoms with Gasteiger partial charge in [0.15, 0.2) is 0 Å². The van der Waals surface area contributed by atoms with Crippen LogP contribution in [0, 0.1) is 5.92 Å². The van der Waals surface area contributed by atoms with Gasteiger partial charge in [0, 0.05) is 44.1 Å². The molecule has 164 valence electrons. The number of hydrogen-bond acceptors (Lipinski definition) is 5. The van der Waals surface area contributed by atoms with Crippen molar-refractivity contribution in [2.24, 2.45) is 5.92 Å². The fourth-order valence-corrected chi connectivity index (χ4v) is 5.71. The fraction of sp³-hybridized carbons (Fsp3) is 0.636. The zero-order chi connectivity index (χ0) is 21.3. The zero-order valence-corrected chi connectivity index (χ0v) is 18.8. The standard InChI is InChI=1S/C22H29Cl2N3O3/c1-30-22(29)27-10-8-25-21-18(3-2-4-19(21)27)26-9-7-15(13-26)20(28)12-14-5-6-16(23)17(24)11-14/h5-6,11,15,18-19,21,25H,2-4,7-10,12-13H2,1H3. The van der Waals surface area contributed by atoms with Gasteiger partial charge in [0.1, 0.15) is 5.78 Å². The van der Waals surface area contributed by atoms with Crippen molar-refractivity contribution >= 4 is 35.1 Å². The summed E-state index contributed by atoms with van der Waals surface area (Å²) >= 11 is 12.1. The van der Waals surface area contributed by atoms with Gasteiger partial charge in [0.25, 0.3) is 0 Å². The van der Waals surface area contributed by atoms with Crippen LogP contribution in [0.15, 0.2) is 18.2 Å². The van der Waals surface area contributed by atoms with Crippen LogP contribution in [0.1, 0.15) is 31.2 Å². The molecule has 3 aliphatic rings. The minimum atomic E-state index is -0.233. The van der Waals surface area contributed by atoms with E-state index in [0.29, 0.717) is 29.1 Å². The van der Waals surface area contributed by atoms with E-state index < -0.39 is 0 Å². The topological polar surface area (TPSA) is 61.9 Å². The van der Waals surface area contributed by atoms with Gasteiger partial charge in [0.05, 0.1) is 23.2 Å². The van der Waals surface area contributed by atoms with Crippen molar-refractivity contribution < 1.29 is 14.3 Å². The molecule has 4 atom stereocenters. The van der Waals surface area contributed by atoms with Gasteiger partial charge in [0.2, 0.25) is 0 Å². The van der Waals surface area contributed by atoms with Crippen molar-refractivity contribution in [3.8, 4) is 0 Å². The Hall–Kier alpha value is -1.34. The molecule has 1 saturated carbocycles. The molecule has 6 nitrogen and oxygen atoms in total. The van der Waals surface area contributed by atoms with Crippen LogP contribution in [0.3, 0.4) is 0 Å². The number of nitrogens with zero attached hydrogens (tertiary/aromatic N) is 2. The van der Waals surface area contributed by atoms with Gasteiger partial charge in [-0.1, -0.05) is 29.3 Å². The molecule has 2 saturated heterocycles. The SMILES string of the molecule is COC(=O)N1CCNC2C(N3CCC(C(=O)Cc4ccc(Cl)c(Cl)c4)C3)CCCC21. The molecule has 3 fully saturated rings. The average Bonchev–Trinajstić information content (AvgIpc) is 3.25. The number of ether oxygens (including phenoxy) is 1. The summed E-state index contributed by atoms with van der Waals surface area (Å²) in [4.78, 5) is 29.5. The minimum Gasteiger partial charge on any atom is -0.453 e. The summed E-state index contributed by atoms with van der Waals surface area (Å²) in [5, 5.41) is 4.64. The Kier molecular flexibility index (Phi) is 6.88. The van der Waals surface area contributed by atoms with Crippen molar-refractivity contribution in [3.05, 3.63) is 33.8 Å². The third-order valence-corrected chi connectivity index (χ3v) is 7.62. The number of fused-ring (bicyclic) bond motifs is 1. The molecule has 1 aliphatic carbocycles. The fourth-order valence-electron chi connectivity index (χ4n) is 5.39. The molecule has 4 unspecified atom stereocenters. The van der Waals surface area contributed by atoms with Crippen molar-refractivity contribution in [1.82, 2.24) is 15.1 Å². The number of amides is 1. The smallest absolute Gasteiger partial charge is 0.409 e. The second kappa shape index (κ2) is 9.43. The van der Waals surface area contributed by atoms with Crippen LogP contribution in [0.5, 0.6) is 0 Å². The van der Waals surface area contributed by atoms with Crippen molar-refractivity contribution in [2.75, 3.05) is 33.3 Å². The summed E-state index contributed by atoms with van der Waals surface area (Å²) in [7, 11) is 1.45. The van der Waals surface area contributed by atoms with Crippen LogP contribution in [-0.4, -0.2) is 73.1 Å². The third kappa shape index (κ3) is 4.47. The number of ketones is 1. The second-order valence-corrected chi connectivity index (χ2v) is 9.40. The van der Waals surface area contributed by atoms with E-state index in [1.54, 1.807) is 12.1 Å². The number of likely N-dealkylation sites (tertiary alicyclic amines) is 1. The maximum absolute atomic E-state index is 12.9. The first kappa shape index (κ1) is 21.9. The molecule has 0 bridgehead atoms. The maximum atomic E-state index is 12.9. The quantitative estimate of drug-likeness (QED) is 0.756. The lowest BCUT2D eigenvalue weighted by atomic mass is 9.83. The minimum absolute atomic E-state index is 0.0418. The lowest BCUT2D eigenvalue weighted by Crippen LogP contribution is -2.67. The largest absolute Gasteiger partial charge is 0.453 e. The van der Waals surface area contributed by atoms with Gasteiger partial charge in [-0.05, 0) is 49.9 Å². The summed E-state index contributed by atoms with van der Waals surface area (Å²) in [6.45, 7) is 3.17. The van der Waals surface area contributed by atoms with Gasteiger partial charge in [-0.15, -0.1) is 0 Å². The molecule has 2 aliphatic heterocycles. The number of hydrogen-bond donors (Lipinski definition) is 1. The van der Waals surface area contributed by atoms with Crippen LogP contribution in [-0.2, 0) is 16.0 Å². The Morgan fingerprint density at radius 2 is 1.93 bits per heavy atom. The number of nitrogens with one attached hydrogen (secondary N) is 1. The van der Waals surface area contributed by atoms with E-state index in [1.807, 2.05) is 11.0 Å². The van der Waals surface area contributed by atoms with Crippen molar-refractivity contribution in [1.29, 1.82) is 0 Å². The molecule has 1 amide bonds. The number of piperazine rings is 1. The highest BCUT2D eigenvalue weighted by Crippen LogP contribution is 2.33. The predicted octanol–water partition coefficient (Wildman–Crippen LogP) is 3.39. The number of Topliss-reactive ketones (excluding diaryl/α,β-unsaturated/α-hetero) is 1. The predicted molar refractivity (Wildman–Crippen MR) is 117 cm³/mol. The molecule has 30 heavy (non-hydrogen) atoms. The molecule has 0 spiro atoms. The number of halogens is 2. The Labute approximate surface area is 187 Å². The van der Waals surface area contributed by atoms with E-state index in [1.165, 1.54) is 7.11 Å². The van der Waals surface area contributed by atoms with Gasteiger partial charge in [-0.3, -0.25) is 9.69 Å². The van der Waals surface area contributed by atoms with Gasteiger partial charge in [-0.2, -0.15) is 0 Å². The first-order valence-corrected chi connectivity index (χ1v) is 11.5. The molecular weight excluding hydrogens is 425 g/mol. The highest BCUT2D eigenvalue weighted by molar-refractivity contribution is 6.42. The van der Waals surface area contributed by atoms with Crippen LogP contribution >= 0.6 is 23.2 Å². The van der Waals surface area contributed by atoms with E-state index in [-0.39, 0.29) is 29.9 Å². The number of methoxy groups -OCH3 is 1. The Balaban J connectivity index is 1.39. The van der Waals surface area contributed by atoms with Gasteiger partial charge < -0.3 is 15.0 Å². The van der Waals surface area contributed by atoms with E-state index >= 15 is 0 Å². The normalized spacial score (nSPS) is 29.5. The van der Waals surface area contributed by atoms with Gasteiger partial charge >= 0.3 is 6.09 Å². The highest BCUT2D eigenvalue weighted by atomic mass is 35.5. The van der Waals surface area contributed by atoms with E-state index in [0.717, 1.165) is 50.9 Å². The van der Waals surface area contributed by atoms with E-state index in [4.69, 9.17) is 27.9 Å². The Bertz CT molecular complexity index is 806. The summed E-state index contributed by atoms with van der Waals surface area (Å²) in [6, 6.07) is 6.15. The molecule has 0 aromatic heterocycles. The maximum Gasteiger partial charge on any atom is 0.409 e. The zero-order valence-electron chi connectivity index (χ0n) is 17.3. The lowest BCUT2D eigenvalue weighted by Gasteiger charge is -2.49. The summed E-state index contributed by atoms with van der Waals surface area (Å²) in [5.41, 5.74) is 0.910. The Morgan fingerprint density at radius 3 is 2.70 bits per heavy atom. The third-order valence-electron chi connectivity index (χ3n) is 6.88. The average molecular weight is 454 g/mol. The van der Waals surface area contributed by atoms with Crippen LogP contribution in [0.2, 0.25) is 10.0 Å². The van der Waals surface area contributed by atoms with Crippen LogP contribution < -0.4 is 5.32 Å². The number of carbonyl (C=O) groups is 2. The number of benzene rings is 1. The second-order valence-electron chi connectivity index (χ2n) is 8.58. The molecule has 4 rings (SSSR count). The summed E-state index contributed by atoms with van der Waals surface area (Å²) in [6.07, 6.45) is 4.21. The van der Waals surface area contributed by atoms with Crippen LogP contribution in [0.4, 0.5) is 4.79 Å².